The molecule has 30 heavy (non-hydrogen) atoms. The summed E-state index contributed by atoms with van der Waals surface area (Å²) in [6.45, 7) is 4.21. The number of Topliss-reactive ketones (excluding diaryl/α,β-unsaturated/α-hetero) is 1. The summed E-state index contributed by atoms with van der Waals surface area (Å²) < 4.78 is 16.9. The molecule has 0 fully saturated rings. The van der Waals surface area contributed by atoms with E-state index in [4.69, 9.17) is 14.2 Å². The average Bonchev–Trinajstić information content (AvgIpc) is 3.06. The Labute approximate surface area is 174 Å². The molecule has 5 heteroatoms. The van der Waals surface area contributed by atoms with Crippen LogP contribution >= 0.6 is 0 Å². The summed E-state index contributed by atoms with van der Waals surface area (Å²) in [5, 5.41) is 0. The molecule has 1 heterocycles. The number of aryl methyl sites for hydroxylation is 1. The second-order valence-corrected chi connectivity index (χ2v) is 6.78. The molecular weight excluding hydrogens is 380 g/mol. The summed E-state index contributed by atoms with van der Waals surface area (Å²) in [6.07, 6.45) is 1.67. The van der Waals surface area contributed by atoms with Gasteiger partial charge in [0.25, 0.3) is 0 Å². The van der Waals surface area contributed by atoms with Gasteiger partial charge in [-0.05, 0) is 49.8 Å². The Morgan fingerprint density at radius 2 is 1.77 bits per heavy atom. The number of allylic oxidation sites excluding steroid dienone is 1. The standard InChI is InChI=1S/C25H20O5/c1-3-28-20-12-8-7-11-18(20)14-22-24(26)23-16(2)13-19(15-21(23)30-22)29-25(27)17-9-5-4-6-10-17/h4-15H,3H2,1-2H3/b22-14-. The van der Waals surface area contributed by atoms with Crippen LogP contribution in [0.1, 0.15) is 38.8 Å². The minimum absolute atomic E-state index is 0.201. The van der Waals surface area contributed by atoms with Crippen molar-refractivity contribution in [1.29, 1.82) is 0 Å². The molecular formula is C25H20O5. The SMILES string of the molecule is CCOc1ccccc1/C=C1\Oc2cc(OC(=O)c3ccccc3)cc(C)c2C1=O. The highest BCUT2D eigenvalue weighted by Gasteiger charge is 2.30. The van der Waals surface area contributed by atoms with Crippen molar-refractivity contribution in [2.24, 2.45) is 0 Å². The summed E-state index contributed by atoms with van der Waals surface area (Å²) in [7, 11) is 0. The van der Waals surface area contributed by atoms with Crippen LogP contribution in [0.25, 0.3) is 6.08 Å². The maximum atomic E-state index is 12.9. The van der Waals surface area contributed by atoms with Crippen molar-refractivity contribution in [2.75, 3.05) is 6.61 Å². The topological polar surface area (TPSA) is 61.8 Å². The van der Waals surface area contributed by atoms with Crippen molar-refractivity contribution < 1.29 is 23.8 Å². The van der Waals surface area contributed by atoms with Gasteiger partial charge < -0.3 is 14.2 Å². The first-order chi connectivity index (χ1) is 14.6. The summed E-state index contributed by atoms with van der Waals surface area (Å²) in [5.41, 5.74) is 2.34. The molecule has 1 aliphatic heterocycles. The van der Waals surface area contributed by atoms with Crippen LogP contribution in [0.2, 0.25) is 0 Å². The lowest BCUT2D eigenvalue weighted by Crippen LogP contribution is -2.08. The summed E-state index contributed by atoms with van der Waals surface area (Å²) >= 11 is 0. The predicted octanol–water partition coefficient (Wildman–Crippen LogP) is 5.23. The highest BCUT2D eigenvalue weighted by atomic mass is 16.5. The number of fused-ring (bicyclic) bond motifs is 1. The number of ketones is 1. The fourth-order valence-corrected chi connectivity index (χ4v) is 3.30. The number of ether oxygens (including phenoxy) is 3. The van der Waals surface area contributed by atoms with Gasteiger partial charge in [-0.2, -0.15) is 0 Å². The second kappa shape index (κ2) is 8.25. The Balaban J connectivity index is 1.62. The van der Waals surface area contributed by atoms with Gasteiger partial charge in [0, 0.05) is 11.6 Å². The molecule has 0 saturated heterocycles. The number of benzene rings is 3. The number of esters is 1. The monoisotopic (exact) mass is 400 g/mol. The van der Waals surface area contributed by atoms with Gasteiger partial charge >= 0.3 is 5.97 Å². The van der Waals surface area contributed by atoms with Crippen LogP contribution in [0.4, 0.5) is 0 Å². The quantitative estimate of drug-likeness (QED) is 0.333. The fourth-order valence-electron chi connectivity index (χ4n) is 3.30. The predicted molar refractivity (Wildman–Crippen MR) is 113 cm³/mol. The Bertz CT molecular complexity index is 1150. The van der Waals surface area contributed by atoms with E-state index in [2.05, 4.69) is 0 Å². The highest BCUT2D eigenvalue weighted by Crippen LogP contribution is 2.38. The summed E-state index contributed by atoms with van der Waals surface area (Å²) in [5.74, 6) is 0.885. The van der Waals surface area contributed by atoms with E-state index in [1.54, 1.807) is 49.4 Å². The second-order valence-electron chi connectivity index (χ2n) is 6.78. The molecule has 1 aliphatic rings. The van der Waals surface area contributed by atoms with E-state index in [-0.39, 0.29) is 11.5 Å². The molecule has 5 nitrogen and oxygen atoms in total. The minimum atomic E-state index is -0.472. The fraction of sp³-hybridized carbons (Fsp3) is 0.120. The Morgan fingerprint density at radius 1 is 1.03 bits per heavy atom. The van der Waals surface area contributed by atoms with Crippen LogP contribution in [0.15, 0.2) is 72.5 Å². The number of carbonyl (C=O) groups excluding carboxylic acids is 2. The molecule has 0 N–H and O–H groups in total. The molecule has 0 saturated carbocycles. The van der Waals surface area contributed by atoms with Crippen molar-refractivity contribution in [2.45, 2.75) is 13.8 Å². The number of rotatable bonds is 5. The van der Waals surface area contributed by atoms with E-state index in [0.29, 0.717) is 40.5 Å². The Morgan fingerprint density at radius 3 is 2.53 bits per heavy atom. The largest absolute Gasteiger partial charge is 0.493 e. The van der Waals surface area contributed by atoms with Gasteiger partial charge in [-0.25, -0.2) is 4.79 Å². The van der Waals surface area contributed by atoms with E-state index in [1.807, 2.05) is 37.3 Å². The molecule has 0 radical (unpaired) electrons. The molecule has 0 aliphatic carbocycles. The number of hydrogen-bond donors (Lipinski definition) is 0. The lowest BCUT2D eigenvalue weighted by atomic mass is 10.0. The van der Waals surface area contributed by atoms with Crippen molar-refractivity contribution in [1.82, 2.24) is 0 Å². The number of hydrogen-bond acceptors (Lipinski definition) is 5. The third kappa shape index (κ3) is 3.82. The molecule has 0 unspecified atom stereocenters. The van der Waals surface area contributed by atoms with Crippen molar-refractivity contribution in [3.63, 3.8) is 0 Å². The molecule has 0 atom stereocenters. The van der Waals surface area contributed by atoms with Crippen LogP contribution in [0.3, 0.4) is 0 Å². The maximum absolute atomic E-state index is 12.9. The van der Waals surface area contributed by atoms with Gasteiger partial charge in [0.2, 0.25) is 5.78 Å². The van der Waals surface area contributed by atoms with Crippen molar-refractivity contribution in [3.8, 4) is 17.2 Å². The molecule has 4 rings (SSSR count). The van der Waals surface area contributed by atoms with Crippen LogP contribution in [-0.4, -0.2) is 18.4 Å². The molecule has 0 amide bonds. The zero-order valence-corrected chi connectivity index (χ0v) is 16.7. The third-order valence-electron chi connectivity index (χ3n) is 4.67. The van der Waals surface area contributed by atoms with Gasteiger partial charge in [0.1, 0.15) is 17.2 Å². The smallest absolute Gasteiger partial charge is 0.343 e. The first-order valence-corrected chi connectivity index (χ1v) is 9.64. The molecule has 0 bridgehead atoms. The van der Waals surface area contributed by atoms with Gasteiger partial charge in [-0.3, -0.25) is 4.79 Å². The molecule has 0 aromatic heterocycles. The lowest BCUT2D eigenvalue weighted by molar-refractivity contribution is 0.0734. The summed E-state index contributed by atoms with van der Waals surface area (Å²) in [6, 6.07) is 19.4. The first-order valence-electron chi connectivity index (χ1n) is 9.64. The van der Waals surface area contributed by atoms with Gasteiger partial charge in [-0.15, -0.1) is 0 Å². The normalized spacial score (nSPS) is 13.7. The zero-order chi connectivity index (χ0) is 21.1. The minimum Gasteiger partial charge on any atom is -0.493 e. The average molecular weight is 400 g/mol. The summed E-state index contributed by atoms with van der Waals surface area (Å²) in [4.78, 5) is 25.2. The molecule has 3 aromatic rings. The van der Waals surface area contributed by atoms with Gasteiger partial charge in [0.15, 0.2) is 5.76 Å². The lowest BCUT2D eigenvalue weighted by Gasteiger charge is -2.08. The molecule has 3 aromatic carbocycles. The van der Waals surface area contributed by atoms with Crippen LogP contribution in [-0.2, 0) is 0 Å². The van der Waals surface area contributed by atoms with E-state index < -0.39 is 5.97 Å². The van der Waals surface area contributed by atoms with E-state index >= 15 is 0 Å². The molecule has 150 valence electrons. The first kappa shape index (κ1) is 19.5. The van der Waals surface area contributed by atoms with Crippen LogP contribution in [0.5, 0.6) is 17.2 Å². The number of para-hydroxylation sites is 1. The van der Waals surface area contributed by atoms with Crippen molar-refractivity contribution in [3.05, 3.63) is 94.7 Å². The number of carbonyl (C=O) groups is 2. The zero-order valence-electron chi connectivity index (χ0n) is 16.7. The van der Waals surface area contributed by atoms with Gasteiger partial charge in [0.05, 0.1) is 17.7 Å². The van der Waals surface area contributed by atoms with Crippen LogP contribution < -0.4 is 14.2 Å². The molecule has 0 spiro atoms. The van der Waals surface area contributed by atoms with E-state index in [9.17, 15) is 9.59 Å². The third-order valence-corrected chi connectivity index (χ3v) is 4.67. The highest BCUT2D eigenvalue weighted by molar-refractivity contribution is 6.15. The van der Waals surface area contributed by atoms with E-state index in [0.717, 1.165) is 5.56 Å². The Kier molecular flexibility index (Phi) is 5.35. The van der Waals surface area contributed by atoms with Gasteiger partial charge in [-0.1, -0.05) is 36.4 Å². The van der Waals surface area contributed by atoms with E-state index in [1.165, 1.54) is 0 Å². The van der Waals surface area contributed by atoms with Crippen molar-refractivity contribution >= 4 is 17.8 Å². The maximum Gasteiger partial charge on any atom is 0.343 e. The van der Waals surface area contributed by atoms with Crippen LogP contribution in [0, 0.1) is 6.92 Å². The Hall–Kier alpha value is -3.86.